The van der Waals surface area contributed by atoms with Crippen LogP contribution in [0.1, 0.15) is 80.6 Å². The SMILES string of the molecule is Cc1cccc(C)c1-c1cc2nc(n1)NS(=O)(=O)c1cccc(c1)C(=O)N(Cc1cncc(N(C)C3CC(C)C3)n1)[C@H](CCC(C)(C)C)CO2. The van der Waals surface area contributed by atoms with Crippen molar-refractivity contribution in [3.8, 4) is 17.1 Å². The normalized spacial score (nSPS) is 20.3. The molecular weight excluding hydrogens is 651 g/mol. The zero-order valence-corrected chi connectivity index (χ0v) is 30.8. The number of rotatable bonds is 7. The topological polar surface area (TPSA) is 131 Å². The van der Waals surface area contributed by atoms with Gasteiger partial charge in [0.15, 0.2) is 0 Å². The first-order valence-corrected chi connectivity index (χ1v) is 18.7. The first-order valence-electron chi connectivity index (χ1n) is 17.2. The smallest absolute Gasteiger partial charge is 0.264 e. The summed E-state index contributed by atoms with van der Waals surface area (Å²) in [5, 5.41) is 0. The zero-order valence-electron chi connectivity index (χ0n) is 30.0. The van der Waals surface area contributed by atoms with Crippen molar-refractivity contribution in [3.05, 3.63) is 83.3 Å². The second-order valence-electron chi connectivity index (χ2n) is 15.0. The number of anilines is 2. The molecule has 0 unspecified atom stereocenters. The fourth-order valence-electron chi connectivity index (χ4n) is 6.69. The number of aryl methyl sites for hydroxylation is 2. The second-order valence-corrected chi connectivity index (χ2v) is 16.7. The van der Waals surface area contributed by atoms with E-state index >= 15 is 0 Å². The lowest BCUT2D eigenvalue weighted by atomic mass is 9.81. The van der Waals surface area contributed by atoms with Crippen LogP contribution in [-0.4, -0.2) is 64.9 Å². The molecule has 11 nitrogen and oxygen atoms in total. The second kappa shape index (κ2) is 14.0. The zero-order chi connectivity index (χ0) is 35.8. The molecule has 2 aromatic heterocycles. The molecule has 1 amide bonds. The van der Waals surface area contributed by atoms with Crippen LogP contribution in [0.15, 0.2) is 65.8 Å². The van der Waals surface area contributed by atoms with E-state index in [1.165, 1.54) is 12.1 Å². The number of benzene rings is 2. The molecule has 1 aliphatic carbocycles. The van der Waals surface area contributed by atoms with Crippen LogP contribution in [0.4, 0.5) is 11.8 Å². The minimum Gasteiger partial charge on any atom is -0.475 e. The summed E-state index contributed by atoms with van der Waals surface area (Å²) in [7, 11) is -2.14. The van der Waals surface area contributed by atoms with E-state index in [2.05, 4.69) is 52.3 Å². The Morgan fingerprint density at radius 3 is 2.42 bits per heavy atom. The van der Waals surface area contributed by atoms with Gasteiger partial charge in [-0.25, -0.2) is 23.1 Å². The molecule has 0 spiro atoms. The lowest BCUT2D eigenvalue weighted by molar-refractivity contribution is 0.0549. The molecule has 1 aliphatic heterocycles. The van der Waals surface area contributed by atoms with Gasteiger partial charge in [-0.15, -0.1) is 0 Å². The summed E-state index contributed by atoms with van der Waals surface area (Å²) in [5.74, 6) is 1.20. The molecule has 0 saturated heterocycles. The molecule has 1 N–H and O–H groups in total. The Labute approximate surface area is 295 Å². The van der Waals surface area contributed by atoms with Crippen LogP contribution in [0.5, 0.6) is 5.88 Å². The number of amides is 1. The predicted molar refractivity (Wildman–Crippen MR) is 195 cm³/mol. The van der Waals surface area contributed by atoms with E-state index in [0.717, 1.165) is 41.8 Å². The van der Waals surface area contributed by atoms with Gasteiger partial charge in [-0.05, 0) is 80.2 Å². The standard InChI is InChI=1S/C38H47N7O4S/c1-24-16-30(17-24)44(7)33-21-39-20-28(40-33)22-45-29(14-15-38(4,5)6)23-49-34-19-32(35-25(2)10-8-11-26(35)3)41-37(42-34)43-50(47,48)31-13-9-12-27(18-31)36(45)46/h8-13,18-21,24,29-30H,14-17,22-23H2,1-7H3,(H,41,42,43)/t24?,29-,30?/m1/s1. The average molecular weight is 698 g/mol. The van der Waals surface area contributed by atoms with Crippen LogP contribution in [0.25, 0.3) is 11.3 Å². The summed E-state index contributed by atoms with van der Waals surface area (Å²) >= 11 is 0. The lowest BCUT2D eigenvalue weighted by Gasteiger charge is -2.40. The van der Waals surface area contributed by atoms with Crippen LogP contribution in [-0.2, 0) is 16.6 Å². The Hall–Kier alpha value is -4.58. The maximum Gasteiger partial charge on any atom is 0.264 e. The number of carbonyl (C=O) groups excluding carboxylic acids is 1. The number of nitrogens with zero attached hydrogens (tertiary/aromatic N) is 6. The highest BCUT2D eigenvalue weighted by molar-refractivity contribution is 7.92. The van der Waals surface area contributed by atoms with Gasteiger partial charge < -0.3 is 14.5 Å². The van der Waals surface area contributed by atoms with E-state index in [1.54, 1.807) is 35.5 Å². The molecule has 2 aliphatic rings. The van der Waals surface area contributed by atoms with E-state index in [-0.39, 0.29) is 46.8 Å². The molecule has 3 heterocycles. The summed E-state index contributed by atoms with van der Waals surface area (Å²) in [5.41, 5.74) is 4.21. The van der Waals surface area contributed by atoms with Crippen LogP contribution < -0.4 is 14.4 Å². The molecule has 2 aromatic carbocycles. The average Bonchev–Trinajstić information content (AvgIpc) is 3.04. The molecule has 264 valence electrons. The molecule has 4 aromatic rings. The van der Waals surface area contributed by atoms with Crippen molar-refractivity contribution in [1.29, 1.82) is 0 Å². The summed E-state index contributed by atoms with van der Waals surface area (Å²) in [6, 6.07) is 13.7. The van der Waals surface area contributed by atoms with Crippen LogP contribution in [0.2, 0.25) is 0 Å². The number of carbonyl (C=O) groups is 1. The molecule has 1 atom stereocenters. The Morgan fingerprint density at radius 2 is 1.72 bits per heavy atom. The highest BCUT2D eigenvalue weighted by Gasteiger charge is 2.32. The van der Waals surface area contributed by atoms with Crippen molar-refractivity contribution in [2.75, 3.05) is 23.3 Å². The molecule has 12 heteroatoms. The first kappa shape index (κ1) is 35.3. The quantitative estimate of drug-likeness (QED) is 0.221. The van der Waals surface area contributed by atoms with Gasteiger partial charge in [-0.1, -0.05) is 52.0 Å². The van der Waals surface area contributed by atoms with Gasteiger partial charge in [0.1, 0.15) is 12.4 Å². The van der Waals surface area contributed by atoms with Crippen LogP contribution in [0.3, 0.4) is 0 Å². The minimum absolute atomic E-state index is 0.0201. The van der Waals surface area contributed by atoms with Gasteiger partial charge in [0.2, 0.25) is 11.8 Å². The predicted octanol–water partition coefficient (Wildman–Crippen LogP) is 6.82. The third-order valence-corrected chi connectivity index (χ3v) is 11.0. The highest BCUT2D eigenvalue weighted by atomic mass is 32.2. The molecule has 6 rings (SSSR count). The highest BCUT2D eigenvalue weighted by Crippen LogP contribution is 2.33. The maximum absolute atomic E-state index is 14.6. The Bertz CT molecular complexity index is 1970. The molecule has 50 heavy (non-hydrogen) atoms. The van der Waals surface area contributed by atoms with E-state index in [0.29, 0.717) is 29.8 Å². The molecular formula is C38H47N7O4S. The molecule has 1 fully saturated rings. The van der Waals surface area contributed by atoms with Crippen molar-refractivity contribution in [2.45, 2.75) is 90.7 Å². The number of hydrogen-bond donors (Lipinski definition) is 1. The van der Waals surface area contributed by atoms with Gasteiger partial charge in [-0.3, -0.25) is 9.78 Å². The fourth-order valence-corrected chi connectivity index (χ4v) is 7.68. The van der Waals surface area contributed by atoms with Crippen molar-refractivity contribution in [3.63, 3.8) is 0 Å². The van der Waals surface area contributed by atoms with E-state index in [1.807, 2.05) is 39.1 Å². The third kappa shape index (κ3) is 7.90. The van der Waals surface area contributed by atoms with Crippen molar-refractivity contribution < 1.29 is 17.9 Å². The number of sulfonamides is 1. The Kier molecular flexibility index (Phi) is 9.85. The summed E-state index contributed by atoms with van der Waals surface area (Å²) in [6.45, 7) is 13.0. The number of hydrogen-bond acceptors (Lipinski definition) is 9. The number of nitrogens with one attached hydrogen (secondary N) is 1. The summed E-state index contributed by atoms with van der Waals surface area (Å²) < 4.78 is 36.4. The Morgan fingerprint density at radius 1 is 1.00 bits per heavy atom. The maximum atomic E-state index is 14.6. The van der Waals surface area contributed by atoms with E-state index in [4.69, 9.17) is 9.72 Å². The number of aromatic nitrogens is 4. The van der Waals surface area contributed by atoms with Gasteiger partial charge in [0, 0.05) is 30.3 Å². The van der Waals surface area contributed by atoms with Gasteiger partial charge in [0.25, 0.3) is 15.9 Å². The van der Waals surface area contributed by atoms with Crippen molar-refractivity contribution in [2.24, 2.45) is 11.3 Å². The number of fused-ring (bicyclic) bond motifs is 4. The first-order chi connectivity index (χ1) is 23.7. The molecule has 0 radical (unpaired) electrons. The lowest BCUT2D eigenvalue weighted by Crippen LogP contribution is -2.44. The van der Waals surface area contributed by atoms with Crippen LogP contribution >= 0.6 is 0 Å². The van der Waals surface area contributed by atoms with Crippen molar-refractivity contribution in [1.82, 2.24) is 24.8 Å². The summed E-state index contributed by atoms with van der Waals surface area (Å²) in [4.78, 5) is 37.0. The van der Waals surface area contributed by atoms with Gasteiger partial charge in [0.05, 0.1) is 41.3 Å². The van der Waals surface area contributed by atoms with Gasteiger partial charge >= 0.3 is 0 Å². The monoisotopic (exact) mass is 697 g/mol. The molecule has 4 bridgehead atoms. The van der Waals surface area contributed by atoms with E-state index < -0.39 is 16.1 Å². The largest absolute Gasteiger partial charge is 0.475 e. The minimum atomic E-state index is -4.17. The fraction of sp³-hybridized carbons (Fsp3) is 0.447. The number of ether oxygens (including phenoxy) is 1. The Balaban J connectivity index is 1.44. The van der Waals surface area contributed by atoms with Crippen molar-refractivity contribution >= 4 is 27.7 Å². The van der Waals surface area contributed by atoms with E-state index in [9.17, 15) is 13.2 Å². The van der Waals surface area contributed by atoms with Crippen LogP contribution in [0, 0.1) is 25.2 Å². The molecule has 1 saturated carbocycles. The van der Waals surface area contributed by atoms with Gasteiger partial charge in [-0.2, -0.15) is 4.98 Å². The third-order valence-electron chi connectivity index (χ3n) is 9.67. The summed E-state index contributed by atoms with van der Waals surface area (Å²) in [6.07, 6.45) is 7.08.